The van der Waals surface area contributed by atoms with Crippen LogP contribution in [0, 0.1) is 5.92 Å². The monoisotopic (exact) mass is 409 g/mol. The third kappa shape index (κ3) is 5.30. The first-order chi connectivity index (χ1) is 14.0. The molecule has 1 aromatic carbocycles. The number of nitrogens with zero attached hydrogens (tertiary/aromatic N) is 1. The van der Waals surface area contributed by atoms with Gasteiger partial charge in [-0.1, -0.05) is 0 Å². The Kier molecular flexibility index (Phi) is 8.11. The molecule has 0 saturated carbocycles. The Hall–Kier alpha value is -2.97. The number of hydrogen-bond donors (Lipinski definition) is 0. The first-order valence-electron chi connectivity index (χ1n) is 9.37. The maximum Gasteiger partial charge on any atom is 0.342 e. The molecule has 1 fully saturated rings. The van der Waals surface area contributed by atoms with Gasteiger partial charge in [-0.25, -0.2) is 4.79 Å². The second-order valence-corrected chi connectivity index (χ2v) is 6.37. The lowest BCUT2D eigenvalue weighted by molar-refractivity contribution is -0.151. The fourth-order valence-corrected chi connectivity index (χ4v) is 3.18. The van der Waals surface area contributed by atoms with E-state index in [0.29, 0.717) is 38.3 Å². The summed E-state index contributed by atoms with van der Waals surface area (Å²) in [5.74, 6) is -0.625. The number of esters is 2. The second-order valence-electron chi connectivity index (χ2n) is 6.37. The fourth-order valence-electron chi connectivity index (χ4n) is 3.18. The molecule has 1 saturated heterocycles. The van der Waals surface area contributed by atoms with Crippen molar-refractivity contribution >= 4 is 17.8 Å². The first kappa shape index (κ1) is 22.3. The molecule has 29 heavy (non-hydrogen) atoms. The molecule has 1 aliphatic heterocycles. The zero-order valence-corrected chi connectivity index (χ0v) is 17.2. The van der Waals surface area contributed by atoms with Crippen LogP contribution in [-0.4, -0.2) is 70.4 Å². The van der Waals surface area contributed by atoms with Gasteiger partial charge in [0.05, 0.1) is 33.9 Å². The first-order valence-corrected chi connectivity index (χ1v) is 9.37. The van der Waals surface area contributed by atoms with E-state index < -0.39 is 12.6 Å². The topological polar surface area (TPSA) is 101 Å². The molecule has 1 aliphatic rings. The summed E-state index contributed by atoms with van der Waals surface area (Å²) in [5.41, 5.74) is 0.124. The number of rotatable bonds is 8. The van der Waals surface area contributed by atoms with Crippen LogP contribution in [0.4, 0.5) is 0 Å². The zero-order chi connectivity index (χ0) is 21.4. The van der Waals surface area contributed by atoms with Crippen LogP contribution in [0.5, 0.6) is 17.2 Å². The van der Waals surface area contributed by atoms with E-state index in [1.165, 1.54) is 27.4 Å². The van der Waals surface area contributed by atoms with Crippen molar-refractivity contribution in [3.05, 3.63) is 17.7 Å². The lowest BCUT2D eigenvalue weighted by atomic mass is 9.97. The van der Waals surface area contributed by atoms with Crippen LogP contribution in [0.1, 0.15) is 30.1 Å². The number of methoxy groups -OCH3 is 3. The van der Waals surface area contributed by atoms with Crippen LogP contribution in [0.25, 0.3) is 0 Å². The largest absolute Gasteiger partial charge is 0.493 e. The Balaban J connectivity index is 1.94. The Morgan fingerprint density at radius 1 is 0.966 bits per heavy atom. The van der Waals surface area contributed by atoms with Gasteiger partial charge in [0.2, 0.25) is 5.75 Å². The summed E-state index contributed by atoms with van der Waals surface area (Å²) in [6.45, 7) is 2.53. The van der Waals surface area contributed by atoms with E-state index in [4.69, 9.17) is 23.7 Å². The maximum atomic E-state index is 12.5. The second kappa shape index (κ2) is 10.5. The standard InChI is InChI=1S/C20H27NO8/c1-5-28-19(23)13-8-10-21(11-9-13)16(22)12-29-20(24)14-6-7-15(25-2)18(27-4)17(14)26-3/h6-7,13H,5,8-12H2,1-4H3. The molecule has 1 aromatic rings. The molecule has 0 spiro atoms. The molecule has 0 unspecified atom stereocenters. The van der Waals surface area contributed by atoms with Crippen molar-refractivity contribution in [2.24, 2.45) is 5.92 Å². The van der Waals surface area contributed by atoms with Crippen molar-refractivity contribution in [1.82, 2.24) is 4.90 Å². The average molecular weight is 409 g/mol. The van der Waals surface area contributed by atoms with Crippen molar-refractivity contribution in [2.45, 2.75) is 19.8 Å². The van der Waals surface area contributed by atoms with E-state index in [9.17, 15) is 14.4 Å². The van der Waals surface area contributed by atoms with E-state index in [-0.39, 0.29) is 34.9 Å². The molecule has 0 atom stereocenters. The summed E-state index contributed by atoms with van der Waals surface area (Å²) in [6, 6.07) is 3.04. The smallest absolute Gasteiger partial charge is 0.342 e. The van der Waals surface area contributed by atoms with Gasteiger partial charge >= 0.3 is 11.9 Å². The van der Waals surface area contributed by atoms with Crippen LogP contribution >= 0.6 is 0 Å². The van der Waals surface area contributed by atoms with Crippen molar-refractivity contribution in [3.63, 3.8) is 0 Å². The predicted octanol–water partition coefficient (Wildman–Crippen LogP) is 1.67. The molecule has 1 heterocycles. The highest BCUT2D eigenvalue weighted by Gasteiger charge is 2.29. The third-order valence-electron chi connectivity index (χ3n) is 4.72. The predicted molar refractivity (Wildman–Crippen MR) is 102 cm³/mol. The lowest BCUT2D eigenvalue weighted by Crippen LogP contribution is -2.42. The minimum atomic E-state index is -0.711. The zero-order valence-electron chi connectivity index (χ0n) is 17.2. The van der Waals surface area contributed by atoms with Gasteiger partial charge in [0, 0.05) is 13.1 Å². The van der Waals surface area contributed by atoms with Gasteiger partial charge in [0.25, 0.3) is 5.91 Å². The van der Waals surface area contributed by atoms with Crippen LogP contribution in [0.3, 0.4) is 0 Å². The average Bonchev–Trinajstić information content (AvgIpc) is 2.76. The van der Waals surface area contributed by atoms with Crippen molar-refractivity contribution in [3.8, 4) is 17.2 Å². The normalized spacial score (nSPS) is 14.1. The number of benzene rings is 1. The van der Waals surface area contributed by atoms with E-state index in [1.54, 1.807) is 17.9 Å². The molecule has 2 rings (SSSR count). The van der Waals surface area contributed by atoms with E-state index in [2.05, 4.69) is 0 Å². The Morgan fingerprint density at radius 3 is 2.17 bits per heavy atom. The van der Waals surface area contributed by atoms with Gasteiger partial charge in [-0.3, -0.25) is 9.59 Å². The molecular weight excluding hydrogens is 382 g/mol. The molecule has 0 aromatic heterocycles. The van der Waals surface area contributed by atoms with Crippen LogP contribution < -0.4 is 14.2 Å². The summed E-state index contributed by atoms with van der Waals surface area (Å²) < 4.78 is 25.9. The summed E-state index contributed by atoms with van der Waals surface area (Å²) >= 11 is 0. The highest BCUT2D eigenvalue weighted by atomic mass is 16.5. The number of amides is 1. The van der Waals surface area contributed by atoms with Crippen LogP contribution in [-0.2, 0) is 19.1 Å². The molecule has 160 valence electrons. The summed E-state index contributed by atoms with van der Waals surface area (Å²) in [5, 5.41) is 0. The van der Waals surface area contributed by atoms with E-state index in [1.807, 2.05) is 0 Å². The quantitative estimate of drug-likeness (QED) is 0.598. The highest BCUT2D eigenvalue weighted by molar-refractivity contribution is 5.95. The molecular formula is C20H27NO8. The number of ether oxygens (including phenoxy) is 5. The molecule has 0 N–H and O–H groups in total. The van der Waals surface area contributed by atoms with Crippen molar-refractivity contribution in [1.29, 1.82) is 0 Å². The number of likely N-dealkylation sites (tertiary alicyclic amines) is 1. The minimum absolute atomic E-state index is 0.124. The summed E-state index contributed by atoms with van der Waals surface area (Å²) in [7, 11) is 4.30. The number of carbonyl (C=O) groups excluding carboxylic acids is 3. The Morgan fingerprint density at radius 2 is 1.62 bits per heavy atom. The molecule has 0 bridgehead atoms. The van der Waals surface area contributed by atoms with E-state index in [0.717, 1.165) is 0 Å². The number of hydrogen-bond acceptors (Lipinski definition) is 8. The van der Waals surface area contributed by atoms with Gasteiger partial charge in [-0.2, -0.15) is 0 Å². The summed E-state index contributed by atoms with van der Waals surface area (Å²) in [4.78, 5) is 38.2. The molecule has 9 nitrogen and oxygen atoms in total. The SMILES string of the molecule is CCOC(=O)C1CCN(C(=O)COC(=O)c2ccc(OC)c(OC)c2OC)CC1. The molecule has 9 heteroatoms. The van der Waals surface area contributed by atoms with Gasteiger partial charge < -0.3 is 28.6 Å². The van der Waals surface area contributed by atoms with Gasteiger partial charge in [-0.05, 0) is 31.9 Å². The van der Waals surface area contributed by atoms with Gasteiger partial charge in [-0.15, -0.1) is 0 Å². The molecule has 1 amide bonds. The molecule has 0 aliphatic carbocycles. The van der Waals surface area contributed by atoms with Crippen molar-refractivity contribution in [2.75, 3.05) is 47.6 Å². The number of piperidine rings is 1. The third-order valence-corrected chi connectivity index (χ3v) is 4.72. The van der Waals surface area contributed by atoms with E-state index >= 15 is 0 Å². The lowest BCUT2D eigenvalue weighted by Gasteiger charge is -2.30. The highest BCUT2D eigenvalue weighted by Crippen LogP contribution is 2.39. The van der Waals surface area contributed by atoms with Crippen LogP contribution in [0.15, 0.2) is 12.1 Å². The molecule has 0 radical (unpaired) electrons. The van der Waals surface area contributed by atoms with Crippen molar-refractivity contribution < 1.29 is 38.1 Å². The minimum Gasteiger partial charge on any atom is -0.493 e. The summed E-state index contributed by atoms with van der Waals surface area (Å²) in [6.07, 6.45) is 1.06. The Labute approximate surface area is 169 Å². The van der Waals surface area contributed by atoms with Gasteiger partial charge in [0.1, 0.15) is 5.56 Å². The van der Waals surface area contributed by atoms with Crippen LogP contribution in [0.2, 0.25) is 0 Å². The maximum absolute atomic E-state index is 12.5. The fraction of sp³-hybridized carbons (Fsp3) is 0.550. The Bertz CT molecular complexity index is 740. The number of carbonyl (C=O) groups is 3. The van der Waals surface area contributed by atoms with Gasteiger partial charge in [0.15, 0.2) is 18.1 Å².